The zero-order chi connectivity index (χ0) is 11.8. The maximum atomic E-state index is 10.2. The minimum absolute atomic E-state index is 0. The van der Waals surface area contributed by atoms with Gasteiger partial charge >= 0.3 is 29.6 Å². The number of carboxylic acids is 1. The van der Waals surface area contributed by atoms with Crippen LogP contribution in [0.15, 0.2) is 30.3 Å². The van der Waals surface area contributed by atoms with Crippen molar-refractivity contribution in [2.75, 3.05) is 18.5 Å². The number of hydrogen-bond acceptors (Lipinski definition) is 3. The third-order valence-corrected chi connectivity index (χ3v) is 2.57. The molecule has 0 fully saturated rings. The molecule has 0 atom stereocenters. The molecule has 0 aromatic heterocycles. The zero-order valence-corrected chi connectivity index (χ0v) is 12.7. The van der Waals surface area contributed by atoms with E-state index in [0.717, 1.165) is 19.4 Å². The average Bonchev–Trinajstić information content (AvgIpc) is 2.29. The van der Waals surface area contributed by atoms with Crippen LogP contribution in [0.5, 0.6) is 0 Å². The summed E-state index contributed by atoms with van der Waals surface area (Å²) in [5.74, 6) is -0.948. The summed E-state index contributed by atoms with van der Waals surface area (Å²) < 4.78 is 0. The number of benzene rings is 1. The molecular weight excluding hydrogens is 225 g/mol. The van der Waals surface area contributed by atoms with Crippen LogP contribution in [0.25, 0.3) is 0 Å². The Kier molecular flexibility index (Phi) is 9.23. The monoisotopic (exact) mass is 243 g/mol. The van der Waals surface area contributed by atoms with E-state index in [2.05, 4.69) is 17.0 Å². The van der Waals surface area contributed by atoms with Crippen molar-refractivity contribution in [3.63, 3.8) is 0 Å². The van der Waals surface area contributed by atoms with E-state index in [1.54, 1.807) is 0 Å². The van der Waals surface area contributed by atoms with E-state index < -0.39 is 5.97 Å². The van der Waals surface area contributed by atoms with Gasteiger partial charge in [0.2, 0.25) is 0 Å². The first-order valence-corrected chi connectivity index (χ1v) is 5.66. The first kappa shape index (κ1) is 16.5. The fourth-order valence-electron chi connectivity index (χ4n) is 1.61. The molecule has 1 aromatic rings. The van der Waals surface area contributed by atoms with Gasteiger partial charge in [0.15, 0.2) is 0 Å². The summed E-state index contributed by atoms with van der Waals surface area (Å²) in [4.78, 5) is 12.4. The van der Waals surface area contributed by atoms with Gasteiger partial charge in [0.25, 0.3) is 0 Å². The van der Waals surface area contributed by atoms with E-state index in [1.807, 2.05) is 25.2 Å². The van der Waals surface area contributed by atoms with E-state index in [9.17, 15) is 9.90 Å². The van der Waals surface area contributed by atoms with Crippen molar-refractivity contribution in [3.8, 4) is 0 Å². The maximum absolute atomic E-state index is 10.2. The third kappa shape index (κ3) is 7.42. The van der Waals surface area contributed by atoms with Crippen LogP contribution < -0.4 is 39.6 Å². The Morgan fingerprint density at radius 3 is 2.41 bits per heavy atom. The number of carboxylic acid groups (broad SMARTS) is 1. The number of hydrogen-bond donors (Lipinski definition) is 0. The van der Waals surface area contributed by atoms with Gasteiger partial charge in [-0.25, -0.2) is 0 Å². The van der Waals surface area contributed by atoms with Gasteiger partial charge in [-0.2, -0.15) is 0 Å². The smallest absolute Gasteiger partial charge is 0.550 e. The number of para-hydroxylation sites is 1. The fourth-order valence-corrected chi connectivity index (χ4v) is 1.61. The number of anilines is 1. The van der Waals surface area contributed by atoms with Gasteiger partial charge in [-0.15, -0.1) is 0 Å². The second-order valence-electron chi connectivity index (χ2n) is 3.94. The molecule has 0 spiro atoms. The predicted octanol–water partition coefficient (Wildman–Crippen LogP) is -1.56. The topological polar surface area (TPSA) is 43.4 Å². The minimum Gasteiger partial charge on any atom is -0.550 e. The Balaban J connectivity index is 0.00000256. The van der Waals surface area contributed by atoms with Crippen LogP contribution in [0.4, 0.5) is 5.69 Å². The van der Waals surface area contributed by atoms with Crippen LogP contribution in [0.2, 0.25) is 0 Å². The number of unbranched alkanes of at least 4 members (excludes halogenated alkanes) is 2. The maximum Gasteiger partial charge on any atom is 1.00 e. The molecule has 0 aliphatic heterocycles. The first-order chi connectivity index (χ1) is 7.70. The Bertz CT molecular complexity index is 316. The van der Waals surface area contributed by atoms with Crippen LogP contribution in [0, 0.1) is 0 Å². The van der Waals surface area contributed by atoms with E-state index in [4.69, 9.17) is 0 Å². The van der Waals surface area contributed by atoms with Crippen molar-refractivity contribution in [2.45, 2.75) is 25.7 Å². The van der Waals surface area contributed by atoms with Gasteiger partial charge in [0, 0.05) is 25.2 Å². The molecule has 0 amide bonds. The van der Waals surface area contributed by atoms with Crippen LogP contribution in [0.1, 0.15) is 25.7 Å². The molecule has 0 aliphatic rings. The molecule has 0 unspecified atom stereocenters. The molecule has 88 valence electrons. The van der Waals surface area contributed by atoms with Crippen molar-refractivity contribution >= 4 is 11.7 Å². The Labute approximate surface area is 125 Å². The molecule has 0 radical (unpaired) electrons. The van der Waals surface area contributed by atoms with Gasteiger partial charge in [0.05, 0.1) is 0 Å². The molecule has 0 saturated carbocycles. The number of nitrogens with zero attached hydrogens (tertiary/aromatic N) is 1. The van der Waals surface area contributed by atoms with E-state index in [-0.39, 0.29) is 36.0 Å². The molecule has 3 nitrogen and oxygen atoms in total. The molecule has 0 aliphatic carbocycles. The molecule has 0 bridgehead atoms. The number of rotatable bonds is 7. The Morgan fingerprint density at radius 1 is 1.18 bits per heavy atom. The second kappa shape index (κ2) is 9.51. The molecule has 17 heavy (non-hydrogen) atoms. The van der Waals surface area contributed by atoms with Crippen molar-refractivity contribution < 1.29 is 39.5 Å². The molecule has 0 saturated heterocycles. The second-order valence-corrected chi connectivity index (χ2v) is 3.94. The van der Waals surface area contributed by atoms with Gasteiger partial charge in [-0.3, -0.25) is 0 Å². The quantitative estimate of drug-likeness (QED) is 0.429. The molecule has 1 aromatic carbocycles. The van der Waals surface area contributed by atoms with Crippen LogP contribution in [0.3, 0.4) is 0 Å². The van der Waals surface area contributed by atoms with Crippen molar-refractivity contribution in [2.24, 2.45) is 0 Å². The molecule has 0 heterocycles. The predicted molar refractivity (Wildman–Crippen MR) is 63.2 cm³/mol. The van der Waals surface area contributed by atoms with Crippen molar-refractivity contribution in [1.29, 1.82) is 0 Å². The standard InChI is InChI=1S/C13H19NO2.Na/c1-14(12-8-4-2-5-9-12)11-7-3-6-10-13(15)16;/h2,4-5,8-9H,3,6-7,10-11H2,1H3,(H,15,16);/q;+1/p-1. The number of carbonyl (C=O) groups is 1. The van der Waals surface area contributed by atoms with E-state index in [0.29, 0.717) is 6.42 Å². The van der Waals surface area contributed by atoms with E-state index in [1.165, 1.54) is 5.69 Å². The Hall–Kier alpha value is -0.510. The van der Waals surface area contributed by atoms with Crippen LogP contribution >= 0.6 is 0 Å². The van der Waals surface area contributed by atoms with Gasteiger partial charge in [-0.05, 0) is 31.4 Å². The summed E-state index contributed by atoms with van der Waals surface area (Å²) in [6.07, 6.45) is 2.84. The Morgan fingerprint density at radius 2 is 1.82 bits per heavy atom. The van der Waals surface area contributed by atoms with Crippen molar-refractivity contribution in [3.05, 3.63) is 30.3 Å². The summed E-state index contributed by atoms with van der Waals surface area (Å²) in [5.41, 5.74) is 1.20. The first-order valence-electron chi connectivity index (χ1n) is 5.66. The number of aliphatic carboxylic acids is 1. The SMILES string of the molecule is CN(CCCCCC(=O)[O-])c1ccccc1.[Na+]. The van der Waals surface area contributed by atoms with Crippen LogP contribution in [-0.4, -0.2) is 19.6 Å². The molecule has 4 heteroatoms. The summed E-state index contributed by atoms with van der Waals surface area (Å²) in [5, 5.41) is 10.2. The molecular formula is C13H18NNaO2. The number of carbonyl (C=O) groups excluding carboxylic acids is 1. The minimum atomic E-state index is -0.948. The largest absolute Gasteiger partial charge is 1.00 e. The normalized spacial score (nSPS) is 9.47. The fraction of sp³-hybridized carbons (Fsp3) is 0.462. The van der Waals surface area contributed by atoms with Crippen molar-refractivity contribution in [1.82, 2.24) is 0 Å². The van der Waals surface area contributed by atoms with Gasteiger partial charge in [0.1, 0.15) is 0 Å². The molecule has 0 N–H and O–H groups in total. The summed E-state index contributed by atoms with van der Waals surface area (Å²) in [6, 6.07) is 10.2. The zero-order valence-electron chi connectivity index (χ0n) is 10.7. The van der Waals surface area contributed by atoms with Gasteiger partial charge < -0.3 is 14.8 Å². The summed E-state index contributed by atoms with van der Waals surface area (Å²) in [6.45, 7) is 0.955. The summed E-state index contributed by atoms with van der Waals surface area (Å²) in [7, 11) is 2.05. The van der Waals surface area contributed by atoms with E-state index >= 15 is 0 Å². The average molecular weight is 243 g/mol. The molecule has 1 rings (SSSR count). The van der Waals surface area contributed by atoms with Crippen LogP contribution in [-0.2, 0) is 4.79 Å². The summed E-state index contributed by atoms with van der Waals surface area (Å²) >= 11 is 0. The third-order valence-electron chi connectivity index (χ3n) is 2.57. The van der Waals surface area contributed by atoms with Gasteiger partial charge in [-0.1, -0.05) is 24.6 Å².